The maximum absolute atomic E-state index is 12.0. The second-order valence-electron chi connectivity index (χ2n) is 5.06. The number of nitrogens with one attached hydrogen (secondary N) is 1. The van der Waals surface area contributed by atoms with E-state index in [1.54, 1.807) is 4.90 Å². The van der Waals surface area contributed by atoms with Crippen molar-refractivity contribution in [1.29, 1.82) is 0 Å². The monoisotopic (exact) mass is 272 g/mol. The molecule has 6 nitrogen and oxygen atoms in total. The molecule has 1 aliphatic rings. The van der Waals surface area contributed by atoms with Gasteiger partial charge in [0.05, 0.1) is 6.61 Å². The van der Waals surface area contributed by atoms with E-state index in [1.807, 2.05) is 6.92 Å². The lowest BCUT2D eigenvalue weighted by molar-refractivity contribution is -0.138. The molecule has 0 saturated heterocycles. The van der Waals surface area contributed by atoms with E-state index in [-0.39, 0.29) is 31.0 Å². The first-order chi connectivity index (χ1) is 9.08. The highest BCUT2D eigenvalue weighted by Crippen LogP contribution is 2.24. The molecule has 0 heterocycles. The van der Waals surface area contributed by atoms with Crippen LogP contribution in [0.1, 0.15) is 39.0 Å². The number of hydrogen-bond acceptors (Lipinski definition) is 3. The highest BCUT2D eigenvalue weighted by Gasteiger charge is 2.28. The minimum absolute atomic E-state index is 0.0428. The SMILES string of the molecule is CCC(CNC(=O)N(CCO)C1CCC1)CC(=O)O. The Morgan fingerprint density at radius 2 is 2.11 bits per heavy atom. The van der Waals surface area contributed by atoms with E-state index in [1.165, 1.54) is 0 Å². The Morgan fingerprint density at radius 1 is 1.42 bits per heavy atom. The molecule has 0 bridgehead atoms. The molecule has 3 N–H and O–H groups in total. The fraction of sp³-hybridized carbons (Fsp3) is 0.846. The van der Waals surface area contributed by atoms with Gasteiger partial charge in [0.1, 0.15) is 0 Å². The van der Waals surface area contributed by atoms with Crippen molar-refractivity contribution in [3.05, 3.63) is 0 Å². The van der Waals surface area contributed by atoms with Crippen molar-refractivity contribution in [3.63, 3.8) is 0 Å². The van der Waals surface area contributed by atoms with Gasteiger partial charge in [0.15, 0.2) is 0 Å². The van der Waals surface area contributed by atoms with Crippen molar-refractivity contribution in [3.8, 4) is 0 Å². The van der Waals surface area contributed by atoms with E-state index in [9.17, 15) is 9.59 Å². The lowest BCUT2D eigenvalue weighted by Gasteiger charge is -2.37. The molecule has 0 aromatic heterocycles. The van der Waals surface area contributed by atoms with Crippen molar-refractivity contribution in [2.75, 3.05) is 19.7 Å². The minimum atomic E-state index is -0.840. The number of nitrogens with zero attached hydrogens (tertiary/aromatic N) is 1. The van der Waals surface area contributed by atoms with Gasteiger partial charge in [-0.1, -0.05) is 13.3 Å². The number of rotatable bonds is 8. The van der Waals surface area contributed by atoms with Crippen LogP contribution in [-0.2, 0) is 4.79 Å². The summed E-state index contributed by atoms with van der Waals surface area (Å²) in [6, 6.07) is 0.0364. The fourth-order valence-corrected chi connectivity index (χ4v) is 2.20. The smallest absolute Gasteiger partial charge is 0.317 e. The predicted octanol–water partition coefficient (Wildman–Crippen LogP) is 1.04. The van der Waals surface area contributed by atoms with Gasteiger partial charge in [-0.05, 0) is 25.2 Å². The minimum Gasteiger partial charge on any atom is -0.481 e. The van der Waals surface area contributed by atoms with Gasteiger partial charge < -0.3 is 20.4 Å². The molecule has 0 radical (unpaired) electrons. The molecule has 19 heavy (non-hydrogen) atoms. The van der Waals surface area contributed by atoms with Crippen LogP contribution < -0.4 is 5.32 Å². The second-order valence-corrected chi connectivity index (χ2v) is 5.06. The Kier molecular flexibility index (Phi) is 6.62. The molecule has 2 amide bonds. The van der Waals surface area contributed by atoms with E-state index in [0.29, 0.717) is 13.1 Å². The summed E-state index contributed by atoms with van der Waals surface area (Å²) >= 11 is 0. The number of urea groups is 1. The quantitative estimate of drug-likeness (QED) is 0.616. The Bertz CT molecular complexity index is 305. The van der Waals surface area contributed by atoms with Crippen molar-refractivity contribution in [1.82, 2.24) is 10.2 Å². The Labute approximate surface area is 113 Å². The Morgan fingerprint density at radius 3 is 2.53 bits per heavy atom. The highest BCUT2D eigenvalue weighted by molar-refractivity contribution is 5.74. The molecule has 0 aliphatic heterocycles. The van der Waals surface area contributed by atoms with Crippen LogP contribution in [-0.4, -0.2) is 52.9 Å². The van der Waals surface area contributed by atoms with Crippen LogP contribution in [0, 0.1) is 5.92 Å². The van der Waals surface area contributed by atoms with Crippen LogP contribution in [0.2, 0.25) is 0 Å². The van der Waals surface area contributed by atoms with Crippen LogP contribution in [0.15, 0.2) is 0 Å². The third-order valence-corrected chi connectivity index (χ3v) is 3.70. The standard InChI is InChI=1S/C13H24N2O4/c1-2-10(8-12(17)18)9-14-13(19)15(6-7-16)11-4-3-5-11/h10-11,16H,2-9H2,1H3,(H,14,19)(H,17,18). The summed E-state index contributed by atoms with van der Waals surface area (Å²) in [7, 11) is 0. The number of aliphatic carboxylic acids is 1. The normalized spacial score (nSPS) is 16.5. The molecule has 0 aromatic carbocycles. The average molecular weight is 272 g/mol. The van der Waals surface area contributed by atoms with Crippen molar-refractivity contribution >= 4 is 12.0 Å². The Balaban J connectivity index is 2.39. The highest BCUT2D eigenvalue weighted by atomic mass is 16.4. The van der Waals surface area contributed by atoms with Crippen LogP contribution in [0.25, 0.3) is 0 Å². The van der Waals surface area contributed by atoms with Gasteiger partial charge in [-0.2, -0.15) is 0 Å². The van der Waals surface area contributed by atoms with Gasteiger partial charge in [0.2, 0.25) is 0 Å². The molecule has 1 saturated carbocycles. The van der Waals surface area contributed by atoms with Gasteiger partial charge in [-0.25, -0.2) is 4.79 Å². The first-order valence-electron chi connectivity index (χ1n) is 6.95. The summed E-state index contributed by atoms with van der Waals surface area (Å²) in [5.74, 6) is -0.883. The van der Waals surface area contributed by atoms with E-state index in [4.69, 9.17) is 10.2 Å². The van der Waals surface area contributed by atoms with Crippen LogP contribution in [0.4, 0.5) is 4.79 Å². The first-order valence-corrected chi connectivity index (χ1v) is 6.95. The van der Waals surface area contributed by atoms with Gasteiger partial charge in [0.25, 0.3) is 0 Å². The lowest BCUT2D eigenvalue weighted by atomic mass is 9.91. The van der Waals surface area contributed by atoms with Crippen molar-refractivity contribution in [2.24, 2.45) is 5.92 Å². The van der Waals surface area contributed by atoms with E-state index in [2.05, 4.69) is 5.32 Å². The molecular weight excluding hydrogens is 248 g/mol. The first kappa shape index (κ1) is 15.8. The maximum Gasteiger partial charge on any atom is 0.317 e. The third kappa shape index (κ3) is 5.06. The van der Waals surface area contributed by atoms with Crippen LogP contribution in [0.5, 0.6) is 0 Å². The number of aliphatic hydroxyl groups excluding tert-OH is 1. The van der Waals surface area contributed by atoms with E-state index in [0.717, 1.165) is 25.7 Å². The number of carbonyl (C=O) groups is 2. The van der Waals surface area contributed by atoms with Crippen molar-refractivity contribution in [2.45, 2.75) is 45.1 Å². The van der Waals surface area contributed by atoms with Gasteiger partial charge in [-0.3, -0.25) is 4.79 Å². The number of carboxylic acids is 1. The summed E-state index contributed by atoms with van der Waals surface area (Å²) in [4.78, 5) is 24.4. The molecule has 1 fully saturated rings. The lowest BCUT2D eigenvalue weighted by Crippen LogP contribution is -2.50. The molecule has 1 atom stereocenters. The third-order valence-electron chi connectivity index (χ3n) is 3.70. The van der Waals surface area contributed by atoms with Crippen molar-refractivity contribution < 1.29 is 19.8 Å². The van der Waals surface area contributed by atoms with Crippen LogP contribution in [0.3, 0.4) is 0 Å². The number of amides is 2. The topological polar surface area (TPSA) is 89.9 Å². The number of carboxylic acid groups (broad SMARTS) is 1. The maximum atomic E-state index is 12.0. The number of aliphatic hydroxyl groups is 1. The predicted molar refractivity (Wildman–Crippen MR) is 70.9 cm³/mol. The summed E-state index contributed by atoms with van der Waals surface area (Å²) in [6.45, 7) is 2.58. The molecule has 1 aliphatic carbocycles. The zero-order valence-corrected chi connectivity index (χ0v) is 11.5. The second kappa shape index (κ2) is 7.99. The number of hydrogen-bond donors (Lipinski definition) is 3. The summed E-state index contributed by atoms with van der Waals surface area (Å²) < 4.78 is 0. The summed E-state index contributed by atoms with van der Waals surface area (Å²) in [5, 5.41) is 20.5. The number of carbonyl (C=O) groups excluding carboxylic acids is 1. The molecule has 0 aromatic rings. The van der Waals surface area contributed by atoms with Gasteiger partial charge in [-0.15, -0.1) is 0 Å². The molecule has 1 rings (SSSR count). The molecular formula is C13H24N2O4. The summed E-state index contributed by atoms with van der Waals surface area (Å²) in [6.07, 6.45) is 3.88. The average Bonchev–Trinajstić information content (AvgIpc) is 2.30. The largest absolute Gasteiger partial charge is 0.481 e. The zero-order valence-electron chi connectivity index (χ0n) is 11.5. The van der Waals surface area contributed by atoms with E-state index >= 15 is 0 Å². The molecule has 110 valence electrons. The Hall–Kier alpha value is -1.30. The van der Waals surface area contributed by atoms with Crippen LogP contribution >= 0.6 is 0 Å². The molecule has 1 unspecified atom stereocenters. The molecule has 6 heteroatoms. The van der Waals surface area contributed by atoms with Gasteiger partial charge in [0, 0.05) is 25.6 Å². The fourth-order valence-electron chi connectivity index (χ4n) is 2.20. The zero-order chi connectivity index (χ0) is 14.3. The molecule has 0 spiro atoms. The summed E-state index contributed by atoms with van der Waals surface area (Å²) in [5.41, 5.74) is 0. The van der Waals surface area contributed by atoms with Gasteiger partial charge >= 0.3 is 12.0 Å². The van der Waals surface area contributed by atoms with E-state index < -0.39 is 5.97 Å².